The van der Waals surface area contributed by atoms with Gasteiger partial charge in [0, 0.05) is 14.1 Å². The molecular weight excluding hydrogens is 301 g/mol. The van der Waals surface area contributed by atoms with Crippen molar-refractivity contribution in [1.82, 2.24) is 4.90 Å². The molecule has 1 rings (SSSR count). The summed E-state index contributed by atoms with van der Waals surface area (Å²) in [6.07, 6.45) is 12.6. The van der Waals surface area contributed by atoms with Gasteiger partial charge in [-0.05, 0) is 11.8 Å². The van der Waals surface area contributed by atoms with E-state index in [4.69, 9.17) is 5.11 Å². The zero-order valence-electron chi connectivity index (χ0n) is 16.7. The number of hydrogen-bond acceptors (Lipinski definition) is 2. The van der Waals surface area contributed by atoms with Crippen LogP contribution in [0.2, 0.25) is 0 Å². The van der Waals surface area contributed by atoms with Gasteiger partial charge < -0.3 is 10.0 Å². The quantitative estimate of drug-likeness (QED) is 0.536. The summed E-state index contributed by atoms with van der Waals surface area (Å²) in [5.74, 6) is 2.12. The number of amides is 1. The second kappa shape index (κ2) is 26.9. The molecule has 0 spiro atoms. The molecule has 0 bridgehead atoms. The summed E-state index contributed by atoms with van der Waals surface area (Å²) >= 11 is 0. The molecule has 22 heavy (non-hydrogen) atoms. The molecular formula is C18H40KNO2. The van der Waals surface area contributed by atoms with Gasteiger partial charge in [0.2, 0.25) is 6.41 Å². The first-order chi connectivity index (χ1) is 10.1. The van der Waals surface area contributed by atoms with Gasteiger partial charge in [-0.1, -0.05) is 79.1 Å². The van der Waals surface area contributed by atoms with Crippen LogP contribution >= 0.6 is 0 Å². The van der Waals surface area contributed by atoms with E-state index in [-0.39, 0.29) is 51.4 Å². The second-order valence-corrected chi connectivity index (χ2v) is 5.48. The molecule has 0 atom stereocenters. The standard InChI is InChI=1S/C12H24.C3H7NO.C2H6.CH3O.K/c1-3-11(4-2)9-10-12-7-5-6-8-12;1-4(2)3-5;2*1-2;/h11-12H,3-10H2,1-2H3;3H,1-2H3;1-2H3;1H3;/q;;;-1;+1. The van der Waals surface area contributed by atoms with Crippen molar-refractivity contribution in [3.8, 4) is 0 Å². The molecule has 4 heteroatoms. The minimum atomic E-state index is 0. The first-order valence-electron chi connectivity index (χ1n) is 8.66. The largest absolute Gasteiger partial charge is 1.00 e. The van der Waals surface area contributed by atoms with Crippen LogP contribution in [0.4, 0.5) is 0 Å². The van der Waals surface area contributed by atoms with Gasteiger partial charge in [0.15, 0.2) is 0 Å². The normalized spacial score (nSPS) is 12.6. The summed E-state index contributed by atoms with van der Waals surface area (Å²) in [5.41, 5.74) is 0. The Balaban J connectivity index is -0.000000138. The fourth-order valence-corrected chi connectivity index (χ4v) is 2.47. The van der Waals surface area contributed by atoms with E-state index in [0.29, 0.717) is 0 Å². The van der Waals surface area contributed by atoms with E-state index in [0.717, 1.165) is 25.4 Å². The smallest absolute Gasteiger partial charge is 0.857 e. The minimum Gasteiger partial charge on any atom is -0.857 e. The van der Waals surface area contributed by atoms with Crippen LogP contribution < -0.4 is 56.5 Å². The van der Waals surface area contributed by atoms with Gasteiger partial charge in [0.1, 0.15) is 0 Å². The summed E-state index contributed by atoms with van der Waals surface area (Å²) in [7, 11) is 4.12. The molecule has 1 saturated carbocycles. The third kappa shape index (κ3) is 23.3. The number of carbonyl (C=O) groups excluding carboxylic acids is 1. The molecule has 0 aliphatic heterocycles. The molecule has 0 heterocycles. The van der Waals surface area contributed by atoms with Crippen LogP contribution in [0.5, 0.6) is 0 Å². The van der Waals surface area contributed by atoms with E-state index in [1.54, 1.807) is 14.1 Å². The Kier molecular flexibility index (Phi) is 37.8. The number of hydrogen-bond donors (Lipinski definition) is 0. The average Bonchev–Trinajstić information content (AvgIpc) is 3.06. The van der Waals surface area contributed by atoms with Crippen molar-refractivity contribution in [3.63, 3.8) is 0 Å². The predicted octanol–water partition coefficient (Wildman–Crippen LogP) is 1.10. The molecule has 1 amide bonds. The van der Waals surface area contributed by atoms with Gasteiger partial charge in [-0.2, -0.15) is 7.11 Å². The van der Waals surface area contributed by atoms with Crippen molar-refractivity contribution in [2.45, 2.75) is 79.1 Å². The fraction of sp³-hybridized carbons (Fsp3) is 0.944. The van der Waals surface area contributed by atoms with Crippen molar-refractivity contribution in [2.24, 2.45) is 11.8 Å². The van der Waals surface area contributed by atoms with Crippen LogP contribution in [0.15, 0.2) is 0 Å². The predicted molar refractivity (Wildman–Crippen MR) is 92.3 cm³/mol. The van der Waals surface area contributed by atoms with E-state index in [1.165, 1.54) is 56.3 Å². The molecule has 0 unspecified atom stereocenters. The summed E-state index contributed by atoms with van der Waals surface area (Å²) in [6.45, 7) is 8.67. The van der Waals surface area contributed by atoms with Gasteiger partial charge in [0.05, 0.1) is 0 Å². The molecule has 0 aromatic heterocycles. The molecule has 0 aromatic rings. The van der Waals surface area contributed by atoms with E-state index in [2.05, 4.69) is 13.8 Å². The third-order valence-electron chi connectivity index (χ3n) is 3.82. The maximum atomic E-state index is 9.43. The maximum Gasteiger partial charge on any atom is 1.00 e. The number of carbonyl (C=O) groups is 1. The Morgan fingerprint density at radius 1 is 1.09 bits per heavy atom. The summed E-state index contributed by atoms with van der Waals surface area (Å²) in [6, 6.07) is 0. The average molecular weight is 342 g/mol. The Bertz CT molecular complexity index is 178. The molecule has 3 nitrogen and oxygen atoms in total. The number of nitrogens with zero attached hydrogens (tertiary/aromatic N) is 1. The van der Waals surface area contributed by atoms with Crippen LogP contribution in [-0.4, -0.2) is 32.5 Å². The molecule has 1 fully saturated rings. The summed E-state index contributed by atoms with van der Waals surface area (Å²) in [4.78, 5) is 10.9. The van der Waals surface area contributed by atoms with Crippen molar-refractivity contribution < 1.29 is 61.3 Å². The topological polar surface area (TPSA) is 43.4 Å². The van der Waals surface area contributed by atoms with E-state index >= 15 is 0 Å². The molecule has 1 aliphatic rings. The Morgan fingerprint density at radius 2 is 1.45 bits per heavy atom. The fourth-order valence-electron chi connectivity index (χ4n) is 2.47. The summed E-state index contributed by atoms with van der Waals surface area (Å²) in [5, 5.41) is 8.25. The van der Waals surface area contributed by atoms with Crippen LogP contribution in [0, 0.1) is 11.8 Å². The molecule has 1 aliphatic carbocycles. The molecule has 0 radical (unpaired) electrons. The maximum absolute atomic E-state index is 9.43. The third-order valence-corrected chi connectivity index (χ3v) is 3.82. The van der Waals surface area contributed by atoms with Crippen molar-refractivity contribution in [2.75, 3.05) is 21.2 Å². The SMILES string of the molecule is CC.CCC(CC)CCC1CCCC1.CN(C)C=O.C[O-].[K+]. The van der Waals surface area contributed by atoms with Crippen molar-refractivity contribution >= 4 is 6.41 Å². The van der Waals surface area contributed by atoms with Crippen LogP contribution in [0.1, 0.15) is 79.1 Å². The Hall–Kier alpha value is 1.07. The van der Waals surface area contributed by atoms with E-state index in [1.807, 2.05) is 13.8 Å². The van der Waals surface area contributed by atoms with Crippen molar-refractivity contribution in [3.05, 3.63) is 0 Å². The molecule has 0 N–H and O–H groups in total. The van der Waals surface area contributed by atoms with E-state index in [9.17, 15) is 4.79 Å². The van der Waals surface area contributed by atoms with Gasteiger partial charge in [-0.15, -0.1) is 0 Å². The zero-order valence-corrected chi connectivity index (χ0v) is 19.8. The molecule has 0 saturated heterocycles. The van der Waals surface area contributed by atoms with Crippen LogP contribution in [-0.2, 0) is 4.79 Å². The van der Waals surface area contributed by atoms with Crippen LogP contribution in [0.25, 0.3) is 0 Å². The Labute approximate surface area is 183 Å². The second-order valence-electron chi connectivity index (χ2n) is 5.48. The zero-order chi connectivity index (χ0) is 17.1. The minimum absolute atomic E-state index is 0. The van der Waals surface area contributed by atoms with Gasteiger partial charge in [-0.25, -0.2) is 0 Å². The van der Waals surface area contributed by atoms with Gasteiger partial charge in [0.25, 0.3) is 0 Å². The van der Waals surface area contributed by atoms with Gasteiger partial charge in [-0.3, -0.25) is 4.79 Å². The first-order valence-corrected chi connectivity index (χ1v) is 8.66. The van der Waals surface area contributed by atoms with Gasteiger partial charge >= 0.3 is 51.4 Å². The van der Waals surface area contributed by atoms with E-state index < -0.39 is 0 Å². The van der Waals surface area contributed by atoms with Crippen LogP contribution in [0.3, 0.4) is 0 Å². The Morgan fingerprint density at radius 3 is 1.73 bits per heavy atom. The monoisotopic (exact) mass is 341 g/mol. The number of rotatable bonds is 6. The summed E-state index contributed by atoms with van der Waals surface area (Å²) < 4.78 is 0. The molecule has 130 valence electrons. The van der Waals surface area contributed by atoms with Crippen molar-refractivity contribution in [1.29, 1.82) is 0 Å². The molecule has 0 aromatic carbocycles. The first kappa shape index (κ1) is 30.9.